The molecule has 19 heavy (non-hydrogen) atoms. The highest BCUT2D eigenvalue weighted by molar-refractivity contribution is 5.95. The van der Waals surface area contributed by atoms with E-state index in [-0.39, 0.29) is 11.7 Å². The number of nitrogens with one attached hydrogen (secondary N) is 1. The van der Waals surface area contributed by atoms with Crippen molar-refractivity contribution in [2.75, 3.05) is 26.7 Å². The third kappa shape index (κ3) is 2.66. The van der Waals surface area contributed by atoms with Gasteiger partial charge in [-0.3, -0.25) is 4.79 Å². The lowest BCUT2D eigenvalue weighted by atomic mass is 10.1. The SMILES string of the molecule is COc1cc(C(=O)N2CCNCC2C#N)ccc1F. The summed E-state index contributed by atoms with van der Waals surface area (Å²) in [6, 6.07) is 5.52. The topological polar surface area (TPSA) is 65.4 Å². The van der Waals surface area contributed by atoms with Gasteiger partial charge in [0.05, 0.1) is 13.2 Å². The van der Waals surface area contributed by atoms with E-state index in [0.717, 1.165) is 0 Å². The van der Waals surface area contributed by atoms with Crippen LogP contribution >= 0.6 is 0 Å². The predicted molar refractivity (Wildman–Crippen MR) is 66.3 cm³/mol. The van der Waals surface area contributed by atoms with E-state index < -0.39 is 11.9 Å². The van der Waals surface area contributed by atoms with E-state index in [2.05, 4.69) is 11.4 Å². The van der Waals surface area contributed by atoms with Crippen molar-refractivity contribution in [3.8, 4) is 11.8 Å². The number of ether oxygens (including phenoxy) is 1. The summed E-state index contributed by atoms with van der Waals surface area (Å²) in [6.45, 7) is 1.54. The van der Waals surface area contributed by atoms with Crippen LogP contribution in [0.2, 0.25) is 0 Å². The molecule has 0 radical (unpaired) electrons. The average Bonchev–Trinajstić information content (AvgIpc) is 2.47. The van der Waals surface area contributed by atoms with Crippen molar-refractivity contribution in [2.45, 2.75) is 6.04 Å². The lowest BCUT2D eigenvalue weighted by Gasteiger charge is -2.32. The van der Waals surface area contributed by atoms with Gasteiger partial charge < -0.3 is 15.0 Å². The molecule has 1 aliphatic rings. The van der Waals surface area contributed by atoms with Gasteiger partial charge in [0.15, 0.2) is 11.6 Å². The minimum absolute atomic E-state index is 0.0227. The molecule has 0 spiro atoms. The van der Waals surface area contributed by atoms with Crippen molar-refractivity contribution in [2.24, 2.45) is 0 Å². The average molecular weight is 263 g/mol. The fourth-order valence-corrected chi connectivity index (χ4v) is 2.02. The molecule has 2 rings (SSSR count). The zero-order valence-electron chi connectivity index (χ0n) is 10.5. The summed E-state index contributed by atoms with van der Waals surface area (Å²) >= 11 is 0. The summed E-state index contributed by atoms with van der Waals surface area (Å²) < 4.78 is 18.2. The summed E-state index contributed by atoms with van der Waals surface area (Å²) in [5.74, 6) is -0.781. The summed E-state index contributed by atoms with van der Waals surface area (Å²) in [6.07, 6.45) is 0. The van der Waals surface area contributed by atoms with Crippen LogP contribution in [0.5, 0.6) is 5.75 Å². The molecule has 1 N–H and O–H groups in total. The molecule has 1 heterocycles. The first kappa shape index (κ1) is 13.3. The van der Waals surface area contributed by atoms with E-state index in [0.29, 0.717) is 25.2 Å². The summed E-state index contributed by atoms with van der Waals surface area (Å²) in [4.78, 5) is 13.8. The Morgan fingerprint density at radius 2 is 2.42 bits per heavy atom. The number of nitrogens with zero attached hydrogens (tertiary/aromatic N) is 2. The molecule has 100 valence electrons. The monoisotopic (exact) mass is 263 g/mol. The van der Waals surface area contributed by atoms with Crippen LogP contribution in [-0.4, -0.2) is 43.6 Å². The Bertz CT molecular complexity index is 527. The lowest BCUT2D eigenvalue weighted by Crippen LogP contribution is -2.53. The van der Waals surface area contributed by atoms with E-state index in [4.69, 9.17) is 10.00 Å². The van der Waals surface area contributed by atoms with E-state index >= 15 is 0 Å². The molecule has 1 atom stereocenters. The van der Waals surface area contributed by atoms with Gasteiger partial charge >= 0.3 is 0 Å². The fraction of sp³-hybridized carbons (Fsp3) is 0.385. The lowest BCUT2D eigenvalue weighted by molar-refractivity contribution is 0.0686. The van der Waals surface area contributed by atoms with Crippen LogP contribution in [0.4, 0.5) is 4.39 Å². The molecule has 1 aliphatic heterocycles. The molecule has 1 fully saturated rings. The van der Waals surface area contributed by atoms with Crippen molar-refractivity contribution in [1.82, 2.24) is 10.2 Å². The van der Waals surface area contributed by atoms with Crippen LogP contribution < -0.4 is 10.1 Å². The number of hydrogen-bond donors (Lipinski definition) is 1. The zero-order chi connectivity index (χ0) is 13.8. The van der Waals surface area contributed by atoms with Gasteiger partial charge in [-0.05, 0) is 18.2 Å². The zero-order valence-corrected chi connectivity index (χ0v) is 10.5. The maximum absolute atomic E-state index is 13.3. The van der Waals surface area contributed by atoms with Crippen molar-refractivity contribution in [3.05, 3.63) is 29.6 Å². The van der Waals surface area contributed by atoms with Gasteiger partial charge in [0.25, 0.3) is 5.91 Å². The fourth-order valence-electron chi connectivity index (χ4n) is 2.02. The van der Waals surface area contributed by atoms with Gasteiger partial charge in [-0.25, -0.2) is 4.39 Å². The molecule has 0 saturated carbocycles. The molecule has 0 aliphatic carbocycles. The standard InChI is InChI=1S/C13H14FN3O2/c1-19-12-6-9(2-3-11(12)14)13(18)17-5-4-16-8-10(17)7-15/h2-3,6,10,16H,4-5,8H2,1H3. The van der Waals surface area contributed by atoms with E-state index in [1.165, 1.54) is 30.2 Å². The number of methoxy groups -OCH3 is 1. The Morgan fingerprint density at radius 3 is 3.11 bits per heavy atom. The first-order chi connectivity index (χ1) is 9.17. The van der Waals surface area contributed by atoms with E-state index in [1.807, 2.05) is 0 Å². The summed E-state index contributed by atoms with van der Waals surface area (Å²) in [5, 5.41) is 12.1. The van der Waals surface area contributed by atoms with Gasteiger partial charge in [0, 0.05) is 25.2 Å². The van der Waals surface area contributed by atoms with Crippen molar-refractivity contribution in [1.29, 1.82) is 5.26 Å². The van der Waals surface area contributed by atoms with Crippen LogP contribution in [-0.2, 0) is 0 Å². The van der Waals surface area contributed by atoms with Gasteiger partial charge in [0.1, 0.15) is 6.04 Å². The Morgan fingerprint density at radius 1 is 1.63 bits per heavy atom. The maximum atomic E-state index is 13.3. The smallest absolute Gasteiger partial charge is 0.255 e. The number of amides is 1. The van der Waals surface area contributed by atoms with Crippen molar-refractivity contribution in [3.63, 3.8) is 0 Å². The van der Waals surface area contributed by atoms with Crippen LogP contribution in [0.3, 0.4) is 0 Å². The Balaban J connectivity index is 2.26. The number of rotatable bonds is 2. The van der Waals surface area contributed by atoms with Crippen molar-refractivity contribution >= 4 is 5.91 Å². The van der Waals surface area contributed by atoms with E-state index in [9.17, 15) is 9.18 Å². The Hall–Kier alpha value is -2.13. The van der Waals surface area contributed by atoms with Gasteiger partial charge in [0.2, 0.25) is 0 Å². The highest BCUT2D eigenvalue weighted by atomic mass is 19.1. The molecule has 0 aromatic heterocycles. The minimum atomic E-state index is -0.517. The second-order valence-corrected chi connectivity index (χ2v) is 4.20. The number of nitriles is 1. The number of benzene rings is 1. The molecule has 6 heteroatoms. The largest absolute Gasteiger partial charge is 0.494 e. The molecule has 1 aromatic carbocycles. The number of piperazine rings is 1. The first-order valence-electron chi connectivity index (χ1n) is 5.92. The molecule has 1 unspecified atom stereocenters. The molecular formula is C13H14FN3O2. The highest BCUT2D eigenvalue weighted by Gasteiger charge is 2.27. The maximum Gasteiger partial charge on any atom is 0.255 e. The van der Waals surface area contributed by atoms with Gasteiger partial charge in [-0.1, -0.05) is 0 Å². The molecule has 1 amide bonds. The van der Waals surface area contributed by atoms with Gasteiger partial charge in [-0.2, -0.15) is 5.26 Å². The number of carbonyl (C=O) groups excluding carboxylic acids is 1. The van der Waals surface area contributed by atoms with Crippen LogP contribution in [0.15, 0.2) is 18.2 Å². The predicted octanol–water partition coefficient (Wildman–Crippen LogP) is 0.772. The van der Waals surface area contributed by atoms with Crippen LogP contribution in [0.25, 0.3) is 0 Å². The van der Waals surface area contributed by atoms with Crippen LogP contribution in [0.1, 0.15) is 10.4 Å². The minimum Gasteiger partial charge on any atom is -0.494 e. The third-order valence-corrected chi connectivity index (χ3v) is 3.05. The van der Waals surface area contributed by atoms with E-state index in [1.54, 1.807) is 0 Å². The molecule has 5 nitrogen and oxygen atoms in total. The summed E-state index contributed by atoms with van der Waals surface area (Å²) in [5.41, 5.74) is 0.320. The number of halogens is 1. The quantitative estimate of drug-likeness (QED) is 0.856. The molecule has 1 aromatic rings. The second kappa shape index (κ2) is 5.67. The van der Waals surface area contributed by atoms with Crippen LogP contribution in [0, 0.1) is 17.1 Å². The number of carbonyl (C=O) groups is 1. The molecule has 0 bridgehead atoms. The van der Waals surface area contributed by atoms with Crippen molar-refractivity contribution < 1.29 is 13.9 Å². The molecular weight excluding hydrogens is 249 g/mol. The molecule has 1 saturated heterocycles. The number of hydrogen-bond acceptors (Lipinski definition) is 4. The Labute approximate surface area is 110 Å². The first-order valence-corrected chi connectivity index (χ1v) is 5.92. The second-order valence-electron chi connectivity index (χ2n) is 4.20. The van der Waals surface area contributed by atoms with Gasteiger partial charge in [-0.15, -0.1) is 0 Å². The Kier molecular flexibility index (Phi) is 3.97. The highest BCUT2D eigenvalue weighted by Crippen LogP contribution is 2.20. The third-order valence-electron chi connectivity index (χ3n) is 3.05. The normalized spacial score (nSPS) is 18.8. The summed E-state index contributed by atoms with van der Waals surface area (Å²) in [7, 11) is 1.34.